The van der Waals surface area contributed by atoms with Crippen LogP contribution in [0.2, 0.25) is 5.02 Å². The molecule has 7 nitrogen and oxygen atoms in total. The largest absolute Gasteiger partial charge is 0.337 e. The number of likely N-dealkylation sites (tertiary alicyclic amines) is 1. The SMILES string of the molecule is Cc1cc(C)nc(SCc2c(C(=O)N3CCCC3)nnn2-c2ccc(C)c(Cl)c2)n1. The van der Waals surface area contributed by atoms with Crippen molar-refractivity contribution in [3.63, 3.8) is 0 Å². The number of amides is 1. The van der Waals surface area contributed by atoms with E-state index in [4.69, 9.17) is 11.6 Å². The van der Waals surface area contributed by atoms with Gasteiger partial charge in [-0.15, -0.1) is 5.10 Å². The molecular weight excluding hydrogens is 420 g/mol. The molecule has 30 heavy (non-hydrogen) atoms. The Morgan fingerprint density at radius 2 is 1.80 bits per heavy atom. The van der Waals surface area contributed by atoms with Crippen LogP contribution in [0.3, 0.4) is 0 Å². The van der Waals surface area contributed by atoms with Gasteiger partial charge in [-0.05, 0) is 57.4 Å². The van der Waals surface area contributed by atoms with Gasteiger partial charge >= 0.3 is 0 Å². The van der Waals surface area contributed by atoms with Crippen molar-refractivity contribution in [1.82, 2.24) is 29.9 Å². The number of halogens is 1. The average Bonchev–Trinajstić information content (AvgIpc) is 3.37. The first-order valence-corrected chi connectivity index (χ1v) is 11.2. The number of hydrogen-bond acceptors (Lipinski definition) is 6. The van der Waals surface area contributed by atoms with E-state index in [-0.39, 0.29) is 5.91 Å². The monoisotopic (exact) mass is 442 g/mol. The Balaban J connectivity index is 1.71. The van der Waals surface area contributed by atoms with Gasteiger partial charge in [0.25, 0.3) is 5.91 Å². The molecule has 0 atom stereocenters. The minimum Gasteiger partial charge on any atom is -0.337 e. The number of thioether (sulfide) groups is 1. The fourth-order valence-electron chi connectivity index (χ4n) is 3.48. The molecule has 2 aromatic heterocycles. The molecule has 156 valence electrons. The molecular formula is C21H23ClN6OS. The lowest BCUT2D eigenvalue weighted by Gasteiger charge is -2.15. The maximum Gasteiger partial charge on any atom is 0.276 e. The summed E-state index contributed by atoms with van der Waals surface area (Å²) in [6.07, 6.45) is 2.04. The summed E-state index contributed by atoms with van der Waals surface area (Å²) >= 11 is 7.80. The number of nitrogens with zero attached hydrogens (tertiary/aromatic N) is 6. The van der Waals surface area contributed by atoms with Crippen LogP contribution < -0.4 is 0 Å². The van der Waals surface area contributed by atoms with Crippen LogP contribution in [0.25, 0.3) is 5.69 Å². The lowest BCUT2D eigenvalue weighted by molar-refractivity contribution is 0.0786. The third kappa shape index (κ3) is 4.34. The molecule has 1 aromatic carbocycles. The Labute approximate surface area is 184 Å². The predicted octanol–water partition coefficient (Wildman–Crippen LogP) is 4.16. The molecule has 0 radical (unpaired) electrons. The van der Waals surface area contributed by atoms with Crippen molar-refractivity contribution in [2.45, 2.75) is 44.5 Å². The number of aryl methyl sites for hydroxylation is 3. The van der Waals surface area contributed by atoms with E-state index in [9.17, 15) is 4.79 Å². The van der Waals surface area contributed by atoms with Crippen LogP contribution in [-0.4, -0.2) is 48.9 Å². The number of rotatable bonds is 5. The molecule has 3 heterocycles. The van der Waals surface area contributed by atoms with E-state index in [0.29, 0.717) is 21.6 Å². The second-order valence-electron chi connectivity index (χ2n) is 7.45. The number of benzene rings is 1. The Hall–Kier alpha value is -2.45. The molecule has 3 aromatic rings. The summed E-state index contributed by atoms with van der Waals surface area (Å²) in [5, 5.41) is 9.88. The van der Waals surface area contributed by atoms with Crippen LogP contribution in [0.4, 0.5) is 0 Å². The summed E-state index contributed by atoms with van der Waals surface area (Å²) in [4.78, 5) is 23.9. The fourth-order valence-corrected chi connectivity index (χ4v) is 4.60. The van der Waals surface area contributed by atoms with Gasteiger partial charge in [0.1, 0.15) is 0 Å². The molecule has 0 saturated carbocycles. The van der Waals surface area contributed by atoms with E-state index in [0.717, 1.165) is 54.3 Å². The summed E-state index contributed by atoms with van der Waals surface area (Å²) < 4.78 is 1.70. The summed E-state index contributed by atoms with van der Waals surface area (Å²) in [6.45, 7) is 7.36. The first kappa shape index (κ1) is 20.8. The van der Waals surface area contributed by atoms with Crippen LogP contribution in [0.15, 0.2) is 29.4 Å². The molecule has 4 rings (SSSR count). The molecule has 0 unspecified atom stereocenters. The Bertz CT molecular complexity index is 1070. The number of aromatic nitrogens is 5. The van der Waals surface area contributed by atoms with E-state index < -0.39 is 0 Å². The van der Waals surface area contributed by atoms with Crippen molar-refractivity contribution in [3.05, 3.63) is 57.6 Å². The molecule has 1 fully saturated rings. The minimum absolute atomic E-state index is 0.0751. The summed E-state index contributed by atoms with van der Waals surface area (Å²) in [7, 11) is 0. The van der Waals surface area contributed by atoms with Crippen molar-refractivity contribution < 1.29 is 4.79 Å². The van der Waals surface area contributed by atoms with Gasteiger partial charge in [0.2, 0.25) is 0 Å². The van der Waals surface area contributed by atoms with Crippen molar-refractivity contribution in [1.29, 1.82) is 0 Å². The van der Waals surface area contributed by atoms with Gasteiger partial charge in [-0.3, -0.25) is 4.79 Å². The summed E-state index contributed by atoms with van der Waals surface area (Å²) in [5.41, 5.74) is 4.68. The zero-order chi connectivity index (χ0) is 21.3. The predicted molar refractivity (Wildman–Crippen MR) is 117 cm³/mol. The van der Waals surface area contributed by atoms with Gasteiger partial charge in [0.15, 0.2) is 10.9 Å². The lowest BCUT2D eigenvalue weighted by atomic mass is 10.2. The quantitative estimate of drug-likeness (QED) is 0.436. The highest BCUT2D eigenvalue weighted by Gasteiger charge is 2.27. The summed E-state index contributed by atoms with van der Waals surface area (Å²) in [5.74, 6) is 0.393. The first-order valence-electron chi connectivity index (χ1n) is 9.88. The van der Waals surface area contributed by atoms with Gasteiger partial charge in [0, 0.05) is 35.3 Å². The first-order chi connectivity index (χ1) is 14.4. The van der Waals surface area contributed by atoms with Crippen LogP contribution in [0.5, 0.6) is 0 Å². The molecule has 1 aliphatic heterocycles. The Kier molecular flexibility index (Phi) is 6.06. The van der Waals surface area contributed by atoms with Gasteiger partial charge < -0.3 is 4.90 Å². The molecule has 0 bridgehead atoms. The maximum absolute atomic E-state index is 13.1. The van der Waals surface area contributed by atoms with Crippen molar-refractivity contribution in [2.75, 3.05) is 13.1 Å². The summed E-state index contributed by atoms with van der Waals surface area (Å²) in [6, 6.07) is 7.65. The zero-order valence-electron chi connectivity index (χ0n) is 17.2. The average molecular weight is 443 g/mol. The van der Waals surface area contributed by atoms with E-state index in [1.807, 2.05) is 49.9 Å². The van der Waals surface area contributed by atoms with Gasteiger partial charge in [-0.2, -0.15) is 0 Å². The molecule has 0 aliphatic carbocycles. The molecule has 1 amide bonds. The standard InChI is InChI=1S/C21H23ClN6OS/c1-13-6-7-16(11-17(13)22)28-18(12-30-21-23-14(2)10-15(3)24-21)19(25-26-28)20(29)27-8-4-5-9-27/h6-7,10-11H,4-5,8-9,12H2,1-3H3. The minimum atomic E-state index is -0.0751. The maximum atomic E-state index is 13.1. The number of carbonyl (C=O) groups excluding carboxylic acids is 1. The molecule has 0 N–H and O–H groups in total. The second-order valence-corrected chi connectivity index (χ2v) is 8.80. The molecule has 1 saturated heterocycles. The fraction of sp³-hybridized carbons (Fsp3) is 0.381. The third-order valence-corrected chi connectivity index (χ3v) is 6.32. The molecule has 0 spiro atoms. The Morgan fingerprint density at radius 3 is 2.47 bits per heavy atom. The lowest BCUT2D eigenvalue weighted by Crippen LogP contribution is -2.28. The normalized spacial score (nSPS) is 13.8. The van der Waals surface area contributed by atoms with Crippen LogP contribution in [0.1, 0.15) is 46.0 Å². The molecule has 1 aliphatic rings. The van der Waals surface area contributed by atoms with Crippen molar-refractivity contribution in [3.8, 4) is 5.69 Å². The topological polar surface area (TPSA) is 76.8 Å². The van der Waals surface area contributed by atoms with Crippen molar-refractivity contribution >= 4 is 29.3 Å². The van der Waals surface area contributed by atoms with Crippen molar-refractivity contribution in [2.24, 2.45) is 0 Å². The third-order valence-electron chi connectivity index (χ3n) is 5.06. The highest BCUT2D eigenvalue weighted by Crippen LogP contribution is 2.27. The second kappa shape index (κ2) is 8.73. The van der Waals surface area contributed by atoms with Gasteiger partial charge in [0.05, 0.1) is 11.4 Å². The van der Waals surface area contributed by atoms with E-state index in [2.05, 4.69) is 20.3 Å². The van der Waals surface area contributed by atoms with Gasteiger partial charge in [-0.1, -0.05) is 34.6 Å². The number of carbonyl (C=O) groups is 1. The zero-order valence-corrected chi connectivity index (χ0v) is 18.8. The van der Waals surface area contributed by atoms with E-state index in [1.165, 1.54) is 11.8 Å². The highest BCUT2D eigenvalue weighted by atomic mass is 35.5. The smallest absolute Gasteiger partial charge is 0.276 e. The van der Waals surface area contributed by atoms with Crippen LogP contribution in [0, 0.1) is 20.8 Å². The van der Waals surface area contributed by atoms with E-state index in [1.54, 1.807) is 4.68 Å². The molecule has 9 heteroatoms. The van der Waals surface area contributed by atoms with Crippen LogP contribution in [-0.2, 0) is 5.75 Å². The Morgan fingerprint density at radius 1 is 1.10 bits per heavy atom. The van der Waals surface area contributed by atoms with E-state index >= 15 is 0 Å². The number of hydrogen-bond donors (Lipinski definition) is 0. The highest BCUT2D eigenvalue weighted by molar-refractivity contribution is 7.98. The van der Waals surface area contributed by atoms with Gasteiger partial charge in [-0.25, -0.2) is 14.6 Å². The van der Waals surface area contributed by atoms with Crippen LogP contribution >= 0.6 is 23.4 Å².